The van der Waals surface area contributed by atoms with E-state index in [-0.39, 0.29) is 12.3 Å². The normalized spacial score (nSPS) is 20.8. The van der Waals surface area contributed by atoms with E-state index in [2.05, 4.69) is 5.32 Å². The van der Waals surface area contributed by atoms with E-state index in [1.807, 2.05) is 18.7 Å². The van der Waals surface area contributed by atoms with Gasteiger partial charge >= 0.3 is 5.97 Å². The molecular formula is C13H24N2O3. The number of likely N-dealkylation sites (tertiary alicyclic amines) is 1. The minimum atomic E-state index is -0.756. The quantitative estimate of drug-likeness (QED) is 0.772. The van der Waals surface area contributed by atoms with Crippen molar-refractivity contribution in [3.05, 3.63) is 0 Å². The molecule has 18 heavy (non-hydrogen) atoms. The Bertz CT molecular complexity index is 315. The van der Waals surface area contributed by atoms with Crippen LogP contribution in [0.1, 0.15) is 39.5 Å². The van der Waals surface area contributed by atoms with Crippen LogP contribution in [0, 0.1) is 5.92 Å². The van der Waals surface area contributed by atoms with Crippen molar-refractivity contribution in [3.63, 3.8) is 0 Å². The molecule has 0 aromatic heterocycles. The highest BCUT2D eigenvalue weighted by molar-refractivity contribution is 5.85. The summed E-state index contributed by atoms with van der Waals surface area (Å²) in [4.78, 5) is 24.7. The van der Waals surface area contributed by atoms with Gasteiger partial charge < -0.3 is 15.3 Å². The van der Waals surface area contributed by atoms with E-state index in [0.29, 0.717) is 18.9 Å². The first kappa shape index (κ1) is 15.0. The molecule has 5 heteroatoms. The summed E-state index contributed by atoms with van der Waals surface area (Å²) in [5.41, 5.74) is -0.547. The summed E-state index contributed by atoms with van der Waals surface area (Å²) < 4.78 is 0. The zero-order chi connectivity index (χ0) is 13.8. The number of piperidine rings is 1. The number of carboxylic acid groups (broad SMARTS) is 1. The molecule has 0 radical (unpaired) electrons. The van der Waals surface area contributed by atoms with Crippen molar-refractivity contribution in [3.8, 4) is 0 Å². The van der Waals surface area contributed by atoms with Gasteiger partial charge in [-0.15, -0.1) is 0 Å². The van der Waals surface area contributed by atoms with Gasteiger partial charge in [0.2, 0.25) is 5.91 Å². The molecule has 0 aliphatic carbocycles. The number of aliphatic carboxylic acids is 1. The third-order valence-corrected chi connectivity index (χ3v) is 3.73. The van der Waals surface area contributed by atoms with Gasteiger partial charge in [-0.2, -0.15) is 0 Å². The van der Waals surface area contributed by atoms with Crippen LogP contribution in [0.25, 0.3) is 0 Å². The second-order valence-corrected chi connectivity index (χ2v) is 5.57. The maximum atomic E-state index is 12.3. The van der Waals surface area contributed by atoms with E-state index >= 15 is 0 Å². The molecule has 1 aliphatic rings. The maximum absolute atomic E-state index is 12.3. The van der Waals surface area contributed by atoms with Crippen molar-refractivity contribution in [2.24, 2.45) is 5.92 Å². The van der Waals surface area contributed by atoms with E-state index in [1.165, 1.54) is 0 Å². The summed E-state index contributed by atoms with van der Waals surface area (Å²) >= 11 is 0. The zero-order valence-corrected chi connectivity index (χ0v) is 11.5. The number of amides is 1. The third kappa shape index (κ3) is 3.98. The highest BCUT2D eigenvalue weighted by atomic mass is 16.4. The fourth-order valence-corrected chi connectivity index (χ4v) is 2.31. The molecule has 1 amide bonds. The van der Waals surface area contributed by atoms with Gasteiger partial charge in [-0.1, -0.05) is 0 Å². The van der Waals surface area contributed by atoms with E-state index in [9.17, 15) is 9.59 Å². The number of likely N-dealkylation sites (N-methyl/N-ethyl adjacent to an activating group) is 1. The summed E-state index contributed by atoms with van der Waals surface area (Å²) in [5, 5.41) is 11.7. The summed E-state index contributed by atoms with van der Waals surface area (Å²) in [6.07, 6.45) is 2.86. The topological polar surface area (TPSA) is 69.6 Å². The van der Waals surface area contributed by atoms with Gasteiger partial charge in [0.15, 0.2) is 0 Å². The van der Waals surface area contributed by atoms with E-state index in [1.54, 1.807) is 7.05 Å². The van der Waals surface area contributed by atoms with Crippen molar-refractivity contribution in [2.75, 3.05) is 20.1 Å². The molecule has 1 aliphatic heterocycles. The summed E-state index contributed by atoms with van der Waals surface area (Å²) in [7, 11) is 1.78. The Morgan fingerprint density at radius 2 is 2.11 bits per heavy atom. The van der Waals surface area contributed by atoms with Crippen LogP contribution >= 0.6 is 0 Å². The first-order chi connectivity index (χ1) is 8.36. The smallest absolute Gasteiger partial charge is 0.303 e. The molecule has 1 saturated heterocycles. The molecule has 5 nitrogen and oxygen atoms in total. The second-order valence-electron chi connectivity index (χ2n) is 5.57. The molecule has 0 spiro atoms. The minimum absolute atomic E-state index is 0.102. The minimum Gasteiger partial charge on any atom is -0.481 e. The average Bonchev–Trinajstić information content (AvgIpc) is 2.35. The Morgan fingerprint density at radius 3 is 2.67 bits per heavy atom. The molecule has 0 saturated carbocycles. The maximum Gasteiger partial charge on any atom is 0.303 e. The van der Waals surface area contributed by atoms with Gasteiger partial charge in [0.1, 0.15) is 0 Å². The monoisotopic (exact) mass is 256 g/mol. The van der Waals surface area contributed by atoms with Gasteiger partial charge in [-0.3, -0.25) is 9.59 Å². The molecule has 0 bridgehead atoms. The first-order valence-corrected chi connectivity index (χ1v) is 6.57. The molecule has 2 N–H and O–H groups in total. The molecule has 1 atom stereocenters. The highest BCUT2D eigenvalue weighted by Gasteiger charge is 2.33. The van der Waals surface area contributed by atoms with Crippen LogP contribution in [0.15, 0.2) is 0 Å². The fourth-order valence-electron chi connectivity index (χ4n) is 2.31. The summed E-state index contributed by atoms with van der Waals surface area (Å²) in [5.74, 6) is -0.328. The van der Waals surface area contributed by atoms with Crippen molar-refractivity contribution in [1.29, 1.82) is 0 Å². The van der Waals surface area contributed by atoms with Gasteiger partial charge in [0.25, 0.3) is 0 Å². The lowest BCUT2D eigenvalue weighted by Gasteiger charge is -2.37. The van der Waals surface area contributed by atoms with Crippen molar-refractivity contribution < 1.29 is 14.7 Å². The number of hydrogen-bond donors (Lipinski definition) is 2. The fraction of sp³-hybridized carbons (Fsp3) is 0.846. The van der Waals surface area contributed by atoms with Gasteiger partial charge in [-0.25, -0.2) is 0 Å². The zero-order valence-electron chi connectivity index (χ0n) is 11.5. The Balaban J connectivity index is 2.53. The number of carboxylic acids is 1. The summed E-state index contributed by atoms with van der Waals surface area (Å²) in [6.45, 7) is 5.22. The predicted molar refractivity (Wildman–Crippen MR) is 69.3 cm³/mol. The van der Waals surface area contributed by atoms with Crippen LogP contribution in [-0.4, -0.2) is 47.6 Å². The Hall–Kier alpha value is -1.10. The van der Waals surface area contributed by atoms with Crippen LogP contribution in [-0.2, 0) is 9.59 Å². The van der Waals surface area contributed by atoms with Crippen LogP contribution in [0.4, 0.5) is 0 Å². The van der Waals surface area contributed by atoms with Crippen molar-refractivity contribution in [1.82, 2.24) is 10.2 Å². The van der Waals surface area contributed by atoms with E-state index in [4.69, 9.17) is 5.11 Å². The number of hydrogen-bond acceptors (Lipinski definition) is 3. The molecule has 0 aromatic carbocycles. The van der Waals surface area contributed by atoms with Crippen LogP contribution in [0.5, 0.6) is 0 Å². The third-order valence-electron chi connectivity index (χ3n) is 3.73. The Morgan fingerprint density at radius 1 is 1.44 bits per heavy atom. The molecule has 1 unspecified atom stereocenters. The largest absolute Gasteiger partial charge is 0.481 e. The van der Waals surface area contributed by atoms with Gasteiger partial charge in [0, 0.05) is 19.5 Å². The number of carbonyl (C=O) groups is 2. The SMILES string of the molecule is CNC(C)(C)C(=O)N1CCCC(CCC(=O)O)C1. The number of carbonyl (C=O) groups excluding carboxylic acids is 1. The molecule has 1 rings (SSSR count). The molecule has 1 heterocycles. The standard InChI is InChI=1S/C13H24N2O3/c1-13(2,14-3)12(18)15-8-4-5-10(9-15)6-7-11(16)17/h10,14H,4-9H2,1-3H3,(H,16,17). The lowest BCUT2D eigenvalue weighted by atomic mass is 9.92. The molecule has 1 fully saturated rings. The van der Waals surface area contributed by atoms with Gasteiger partial charge in [0.05, 0.1) is 5.54 Å². The lowest BCUT2D eigenvalue weighted by Crippen LogP contribution is -2.55. The Labute approximate surface area is 109 Å². The average molecular weight is 256 g/mol. The van der Waals surface area contributed by atoms with Crippen molar-refractivity contribution >= 4 is 11.9 Å². The highest BCUT2D eigenvalue weighted by Crippen LogP contribution is 2.23. The molecule has 104 valence electrons. The van der Waals surface area contributed by atoms with Gasteiger partial charge in [-0.05, 0) is 46.1 Å². The number of rotatable bonds is 5. The van der Waals surface area contributed by atoms with E-state index in [0.717, 1.165) is 19.4 Å². The molecular weight excluding hydrogens is 232 g/mol. The summed E-state index contributed by atoms with van der Waals surface area (Å²) in [6, 6.07) is 0. The molecule has 0 aromatic rings. The van der Waals surface area contributed by atoms with Crippen LogP contribution < -0.4 is 5.32 Å². The number of nitrogens with zero attached hydrogens (tertiary/aromatic N) is 1. The van der Waals surface area contributed by atoms with Crippen LogP contribution in [0.3, 0.4) is 0 Å². The van der Waals surface area contributed by atoms with E-state index < -0.39 is 11.5 Å². The van der Waals surface area contributed by atoms with Crippen LogP contribution in [0.2, 0.25) is 0 Å². The Kier molecular flexibility index (Phi) is 5.14. The van der Waals surface area contributed by atoms with Crippen molar-refractivity contribution in [2.45, 2.75) is 45.1 Å². The second kappa shape index (κ2) is 6.18. The first-order valence-electron chi connectivity index (χ1n) is 6.57. The predicted octanol–water partition coefficient (Wildman–Crippen LogP) is 1.09. The lowest BCUT2D eigenvalue weighted by molar-refractivity contribution is -0.139. The number of nitrogens with one attached hydrogen (secondary N) is 1.